The summed E-state index contributed by atoms with van der Waals surface area (Å²) in [6, 6.07) is 1.43. The second-order valence-corrected chi connectivity index (χ2v) is 6.59. The highest BCUT2D eigenvalue weighted by molar-refractivity contribution is 4.77. The van der Waals surface area contributed by atoms with Crippen LogP contribution < -0.4 is 5.32 Å². The smallest absolute Gasteiger partial charge is 0.0469 e. The first-order chi connectivity index (χ1) is 9.25. The second-order valence-electron chi connectivity index (χ2n) is 6.59. The first kappa shape index (κ1) is 15.3. The van der Waals surface area contributed by atoms with Crippen LogP contribution in [0, 0.1) is 5.92 Å². The molecule has 0 amide bonds. The zero-order valence-electron chi connectivity index (χ0n) is 12.9. The third kappa shape index (κ3) is 5.41. The molecule has 19 heavy (non-hydrogen) atoms. The predicted octanol–water partition coefficient (Wildman–Crippen LogP) is 2.66. The molecule has 2 fully saturated rings. The van der Waals surface area contributed by atoms with Gasteiger partial charge in [-0.1, -0.05) is 19.3 Å². The molecule has 3 nitrogen and oxygen atoms in total. The van der Waals surface area contributed by atoms with Crippen molar-refractivity contribution >= 4 is 0 Å². The summed E-state index contributed by atoms with van der Waals surface area (Å²) in [7, 11) is 2.28. The molecule has 0 aromatic heterocycles. The lowest BCUT2D eigenvalue weighted by Gasteiger charge is -2.32. The average molecular weight is 268 g/mol. The summed E-state index contributed by atoms with van der Waals surface area (Å²) in [4.78, 5) is 2.53. The summed E-state index contributed by atoms with van der Waals surface area (Å²) in [6.45, 7) is 6.66. The molecule has 3 heteroatoms. The van der Waals surface area contributed by atoms with Crippen molar-refractivity contribution in [2.24, 2.45) is 5.92 Å². The molecule has 1 atom stereocenters. The quantitative estimate of drug-likeness (QED) is 0.801. The highest BCUT2D eigenvalue weighted by atomic mass is 16.5. The van der Waals surface area contributed by atoms with Gasteiger partial charge in [-0.3, -0.25) is 0 Å². The maximum Gasteiger partial charge on any atom is 0.0469 e. The number of rotatable bonds is 6. The standard InChI is InChI=1S/C16H32N2O/c1-14(12-17-16-6-4-3-5-7-16)18(2)13-15-8-10-19-11-9-15/h14-17H,3-13H2,1-2H3. The molecule has 0 spiro atoms. The topological polar surface area (TPSA) is 24.5 Å². The molecular weight excluding hydrogens is 236 g/mol. The highest BCUT2D eigenvalue weighted by Gasteiger charge is 2.19. The summed E-state index contributed by atoms with van der Waals surface area (Å²) in [5, 5.41) is 3.77. The molecule has 1 unspecified atom stereocenters. The molecule has 112 valence electrons. The van der Waals surface area contributed by atoms with Crippen LogP contribution in [0.2, 0.25) is 0 Å². The largest absolute Gasteiger partial charge is 0.381 e. The van der Waals surface area contributed by atoms with Crippen LogP contribution in [0.4, 0.5) is 0 Å². The van der Waals surface area contributed by atoms with Gasteiger partial charge in [0, 0.05) is 38.4 Å². The van der Waals surface area contributed by atoms with Gasteiger partial charge in [-0.15, -0.1) is 0 Å². The van der Waals surface area contributed by atoms with Crippen molar-refractivity contribution < 1.29 is 4.74 Å². The molecule has 1 heterocycles. The Morgan fingerprint density at radius 1 is 1.11 bits per heavy atom. The number of nitrogens with zero attached hydrogens (tertiary/aromatic N) is 1. The van der Waals surface area contributed by atoms with Gasteiger partial charge >= 0.3 is 0 Å². The first-order valence-corrected chi connectivity index (χ1v) is 8.27. The average Bonchev–Trinajstić information content (AvgIpc) is 2.47. The Kier molecular flexibility index (Phi) is 6.62. The van der Waals surface area contributed by atoms with Crippen LogP contribution in [-0.4, -0.2) is 50.3 Å². The Hall–Kier alpha value is -0.120. The monoisotopic (exact) mass is 268 g/mol. The minimum Gasteiger partial charge on any atom is -0.381 e. The van der Waals surface area contributed by atoms with Crippen LogP contribution in [0.5, 0.6) is 0 Å². The highest BCUT2D eigenvalue weighted by Crippen LogP contribution is 2.18. The van der Waals surface area contributed by atoms with Crippen LogP contribution >= 0.6 is 0 Å². The van der Waals surface area contributed by atoms with Crippen molar-refractivity contribution in [3.8, 4) is 0 Å². The molecule has 1 aliphatic carbocycles. The Bertz CT molecular complexity index is 235. The van der Waals surface area contributed by atoms with E-state index in [0.717, 1.165) is 31.7 Å². The molecule has 0 aromatic carbocycles. The van der Waals surface area contributed by atoms with E-state index in [-0.39, 0.29) is 0 Å². The van der Waals surface area contributed by atoms with Gasteiger partial charge < -0.3 is 15.0 Å². The minimum absolute atomic E-state index is 0.643. The van der Waals surface area contributed by atoms with Gasteiger partial charge in [-0.25, -0.2) is 0 Å². The fraction of sp³-hybridized carbons (Fsp3) is 1.00. The van der Waals surface area contributed by atoms with E-state index in [4.69, 9.17) is 4.74 Å². The van der Waals surface area contributed by atoms with E-state index in [1.54, 1.807) is 0 Å². The normalized spacial score (nSPS) is 24.8. The van der Waals surface area contributed by atoms with Crippen molar-refractivity contribution in [1.82, 2.24) is 10.2 Å². The zero-order chi connectivity index (χ0) is 13.5. The molecule has 1 N–H and O–H groups in total. The molecule has 1 saturated carbocycles. The SMILES string of the molecule is CC(CNC1CCCCC1)N(C)CC1CCOCC1. The first-order valence-electron chi connectivity index (χ1n) is 8.27. The van der Waals surface area contributed by atoms with Crippen LogP contribution in [-0.2, 0) is 4.74 Å². The van der Waals surface area contributed by atoms with Crippen molar-refractivity contribution in [3.05, 3.63) is 0 Å². The van der Waals surface area contributed by atoms with Gasteiger partial charge in [-0.05, 0) is 45.6 Å². The van der Waals surface area contributed by atoms with E-state index in [0.29, 0.717) is 6.04 Å². The maximum atomic E-state index is 5.44. The second kappa shape index (κ2) is 8.23. The molecule has 2 aliphatic rings. The van der Waals surface area contributed by atoms with Crippen LogP contribution in [0.3, 0.4) is 0 Å². The summed E-state index contributed by atoms with van der Waals surface area (Å²) in [6.07, 6.45) is 9.54. The minimum atomic E-state index is 0.643. The van der Waals surface area contributed by atoms with Gasteiger partial charge in [-0.2, -0.15) is 0 Å². The molecule has 0 bridgehead atoms. The maximum absolute atomic E-state index is 5.44. The summed E-state index contributed by atoms with van der Waals surface area (Å²) >= 11 is 0. The fourth-order valence-electron chi connectivity index (χ4n) is 3.32. The lowest BCUT2D eigenvalue weighted by molar-refractivity contribution is 0.0511. The van der Waals surface area contributed by atoms with Crippen molar-refractivity contribution in [2.45, 2.75) is 64.0 Å². The molecular formula is C16H32N2O. The number of ether oxygens (including phenoxy) is 1. The number of likely N-dealkylation sites (N-methyl/N-ethyl adjacent to an activating group) is 1. The van der Waals surface area contributed by atoms with E-state index < -0.39 is 0 Å². The number of nitrogens with one attached hydrogen (secondary N) is 1. The summed E-state index contributed by atoms with van der Waals surface area (Å²) in [5.74, 6) is 0.843. The Labute approximate surface area is 119 Å². The lowest BCUT2D eigenvalue weighted by atomic mass is 9.95. The van der Waals surface area contributed by atoms with Crippen molar-refractivity contribution in [3.63, 3.8) is 0 Å². The van der Waals surface area contributed by atoms with Gasteiger partial charge in [0.15, 0.2) is 0 Å². The van der Waals surface area contributed by atoms with Crippen molar-refractivity contribution in [1.29, 1.82) is 0 Å². The number of hydrogen-bond donors (Lipinski definition) is 1. The van der Waals surface area contributed by atoms with Gasteiger partial charge in [0.05, 0.1) is 0 Å². The zero-order valence-corrected chi connectivity index (χ0v) is 12.9. The van der Waals surface area contributed by atoms with Gasteiger partial charge in [0.1, 0.15) is 0 Å². The fourth-order valence-corrected chi connectivity index (χ4v) is 3.32. The molecule has 1 saturated heterocycles. The molecule has 0 aromatic rings. The van der Waals surface area contributed by atoms with Crippen LogP contribution in [0.25, 0.3) is 0 Å². The number of hydrogen-bond acceptors (Lipinski definition) is 3. The van der Waals surface area contributed by atoms with E-state index in [1.165, 1.54) is 51.5 Å². The lowest BCUT2D eigenvalue weighted by Crippen LogP contribution is -2.44. The van der Waals surface area contributed by atoms with E-state index in [1.807, 2.05) is 0 Å². The Morgan fingerprint density at radius 2 is 1.79 bits per heavy atom. The van der Waals surface area contributed by atoms with E-state index in [2.05, 4.69) is 24.2 Å². The Morgan fingerprint density at radius 3 is 2.47 bits per heavy atom. The molecule has 2 rings (SSSR count). The summed E-state index contributed by atoms with van der Waals surface area (Å²) in [5.41, 5.74) is 0. The summed E-state index contributed by atoms with van der Waals surface area (Å²) < 4.78 is 5.44. The van der Waals surface area contributed by atoms with E-state index in [9.17, 15) is 0 Å². The Balaban J connectivity index is 1.62. The van der Waals surface area contributed by atoms with Gasteiger partial charge in [0.25, 0.3) is 0 Å². The third-order valence-electron chi connectivity index (χ3n) is 4.95. The van der Waals surface area contributed by atoms with Crippen LogP contribution in [0.15, 0.2) is 0 Å². The molecule has 1 aliphatic heterocycles. The molecule has 0 radical (unpaired) electrons. The predicted molar refractivity (Wildman–Crippen MR) is 80.5 cm³/mol. The van der Waals surface area contributed by atoms with Gasteiger partial charge in [0.2, 0.25) is 0 Å². The third-order valence-corrected chi connectivity index (χ3v) is 4.95. The van der Waals surface area contributed by atoms with E-state index >= 15 is 0 Å². The van der Waals surface area contributed by atoms with Crippen LogP contribution in [0.1, 0.15) is 51.9 Å². The van der Waals surface area contributed by atoms with Crippen molar-refractivity contribution in [2.75, 3.05) is 33.4 Å².